The van der Waals surface area contributed by atoms with Crippen molar-refractivity contribution in [1.29, 1.82) is 0 Å². The Bertz CT molecular complexity index is 1050. The van der Waals surface area contributed by atoms with E-state index in [9.17, 15) is 9.18 Å². The van der Waals surface area contributed by atoms with Crippen LogP contribution in [0, 0.1) is 5.82 Å². The molecule has 0 unspecified atom stereocenters. The zero-order chi connectivity index (χ0) is 23.3. The third-order valence-corrected chi connectivity index (χ3v) is 5.22. The fourth-order valence-electron chi connectivity index (χ4n) is 3.11. The van der Waals surface area contributed by atoms with Crippen molar-refractivity contribution in [3.63, 3.8) is 0 Å². The van der Waals surface area contributed by atoms with Crippen molar-refractivity contribution < 1.29 is 23.8 Å². The largest absolute Gasteiger partial charge is 0.489 e. The molecule has 1 saturated heterocycles. The second kappa shape index (κ2) is 10.4. The van der Waals surface area contributed by atoms with Crippen LogP contribution in [-0.4, -0.2) is 55.4 Å². The lowest BCUT2D eigenvalue weighted by Gasteiger charge is -2.34. The highest BCUT2D eigenvalue weighted by Gasteiger charge is 2.23. The highest BCUT2D eigenvalue weighted by molar-refractivity contribution is 9.10. The normalized spacial score (nSPS) is 14.8. The van der Waals surface area contributed by atoms with Crippen LogP contribution in [0.2, 0.25) is 0 Å². The third kappa shape index (κ3) is 6.39. The van der Waals surface area contributed by atoms with Crippen LogP contribution in [0.15, 0.2) is 53.4 Å². The van der Waals surface area contributed by atoms with E-state index in [0.29, 0.717) is 34.8 Å². The smallest absolute Gasteiger partial charge is 0.327 e. The molecule has 1 N–H and O–H groups in total. The van der Waals surface area contributed by atoms with Crippen molar-refractivity contribution in [2.75, 3.05) is 13.1 Å². The minimum atomic E-state index is -1.08. The Morgan fingerprint density at radius 2 is 2.09 bits per heavy atom. The first-order chi connectivity index (χ1) is 15.2. The van der Waals surface area contributed by atoms with Gasteiger partial charge in [-0.25, -0.2) is 4.39 Å². The fourth-order valence-corrected chi connectivity index (χ4v) is 3.45. The standard InChI is InChI=1S/C21H23BrFN5O4/c1-13(2)31-19(21-24-26-28(25-21)12-20(29)30)10-14(3)27-8-6-16(7-9-27)32-18-11-15(23)4-5-17(18)22/h4-5,10-11,16H,1,3,6-9,12H2,2H3,(H,29,30)/b19-10-. The topological polar surface area (TPSA) is 103 Å². The summed E-state index contributed by atoms with van der Waals surface area (Å²) in [5.41, 5.74) is 0.668. The minimum Gasteiger partial charge on any atom is -0.489 e. The number of piperidine rings is 1. The third-order valence-electron chi connectivity index (χ3n) is 4.57. The molecule has 0 amide bonds. The van der Waals surface area contributed by atoms with Gasteiger partial charge in [0.1, 0.15) is 17.7 Å². The predicted molar refractivity (Wildman–Crippen MR) is 118 cm³/mol. The molecule has 1 fully saturated rings. The highest BCUT2D eigenvalue weighted by atomic mass is 79.9. The monoisotopic (exact) mass is 507 g/mol. The Morgan fingerprint density at radius 3 is 2.75 bits per heavy atom. The molecular weight excluding hydrogens is 485 g/mol. The Hall–Kier alpha value is -3.21. The van der Waals surface area contributed by atoms with Gasteiger partial charge in [0, 0.05) is 43.8 Å². The van der Waals surface area contributed by atoms with Crippen molar-refractivity contribution in [3.05, 3.63) is 65.0 Å². The fraction of sp³-hybridized carbons (Fsp3) is 0.333. The Morgan fingerprint density at radius 1 is 1.38 bits per heavy atom. The summed E-state index contributed by atoms with van der Waals surface area (Å²) in [6, 6.07) is 4.36. The molecule has 9 nitrogen and oxygen atoms in total. The van der Waals surface area contributed by atoms with Crippen LogP contribution < -0.4 is 4.74 Å². The summed E-state index contributed by atoms with van der Waals surface area (Å²) in [7, 11) is 0. The molecule has 0 atom stereocenters. The molecule has 11 heteroatoms. The molecule has 0 spiro atoms. The number of carboxylic acids is 1. The summed E-state index contributed by atoms with van der Waals surface area (Å²) < 4.78 is 25.8. The van der Waals surface area contributed by atoms with E-state index in [1.54, 1.807) is 19.1 Å². The van der Waals surface area contributed by atoms with E-state index in [4.69, 9.17) is 14.6 Å². The van der Waals surface area contributed by atoms with Crippen molar-refractivity contribution in [2.24, 2.45) is 0 Å². The minimum absolute atomic E-state index is 0.0511. The van der Waals surface area contributed by atoms with Crippen LogP contribution in [0.3, 0.4) is 0 Å². The number of carboxylic acid groups (broad SMARTS) is 1. The molecule has 0 saturated carbocycles. The maximum Gasteiger partial charge on any atom is 0.327 e. The zero-order valence-electron chi connectivity index (χ0n) is 17.5. The second-order valence-electron chi connectivity index (χ2n) is 7.22. The molecule has 1 aliphatic heterocycles. The molecule has 0 bridgehead atoms. The zero-order valence-corrected chi connectivity index (χ0v) is 19.1. The van der Waals surface area contributed by atoms with Crippen LogP contribution in [-0.2, 0) is 16.1 Å². The molecule has 2 heterocycles. The Balaban J connectivity index is 1.65. The van der Waals surface area contributed by atoms with E-state index in [2.05, 4.69) is 49.4 Å². The lowest BCUT2D eigenvalue weighted by atomic mass is 10.1. The maximum atomic E-state index is 13.5. The Labute approximate surface area is 192 Å². The first-order valence-corrected chi connectivity index (χ1v) is 10.6. The number of likely N-dealkylation sites (tertiary alicyclic amines) is 1. The van der Waals surface area contributed by atoms with Gasteiger partial charge < -0.3 is 19.5 Å². The number of benzene rings is 1. The van der Waals surface area contributed by atoms with Gasteiger partial charge in [0.25, 0.3) is 0 Å². The molecule has 0 aliphatic carbocycles. The summed E-state index contributed by atoms with van der Waals surface area (Å²) in [5.74, 6) is -0.148. The van der Waals surface area contributed by atoms with Crippen molar-refractivity contribution in [2.45, 2.75) is 32.4 Å². The molecular formula is C21H23BrFN5O4. The van der Waals surface area contributed by atoms with Crippen molar-refractivity contribution in [1.82, 2.24) is 25.1 Å². The van der Waals surface area contributed by atoms with Crippen LogP contribution in [0.5, 0.6) is 5.75 Å². The first-order valence-electron chi connectivity index (χ1n) is 9.82. The average Bonchev–Trinajstić information content (AvgIpc) is 3.18. The van der Waals surface area contributed by atoms with Crippen LogP contribution in [0.1, 0.15) is 25.6 Å². The lowest BCUT2D eigenvalue weighted by Crippen LogP contribution is -2.37. The van der Waals surface area contributed by atoms with Gasteiger partial charge in [-0.3, -0.25) is 4.79 Å². The van der Waals surface area contributed by atoms with E-state index in [1.165, 1.54) is 12.1 Å². The highest BCUT2D eigenvalue weighted by Crippen LogP contribution is 2.29. The summed E-state index contributed by atoms with van der Waals surface area (Å²) >= 11 is 3.38. The molecule has 1 aliphatic rings. The van der Waals surface area contributed by atoms with Gasteiger partial charge in [-0.2, -0.15) is 4.80 Å². The first kappa shape index (κ1) is 23.5. The molecule has 170 valence electrons. The van der Waals surface area contributed by atoms with Gasteiger partial charge in [0.2, 0.25) is 5.82 Å². The number of hydrogen-bond acceptors (Lipinski definition) is 7. The number of allylic oxidation sites excluding steroid dienone is 2. The van der Waals surface area contributed by atoms with E-state index < -0.39 is 12.5 Å². The number of halogens is 2. The van der Waals surface area contributed by atoms with Crippen molar-refractivity contribution >= 4 is 27.7 Å². The molecule has 1 aromatic carbocycles. The van der Waals surface area contributed by atoms with Gasteiger partial charge in [-0.1, -0.05) is 13.2 Å². The predicted octanol–water partition coefficient (Wildman–Crippen LogP) is 3.61. The number of aliphatic carboxylic acids is 1. The number of carbonyl (C=O) groups is 1. The van der Waals surface area contributed by atoms with Crippen LogP contribution in [0.25, 0.3) is 5.76 Å². The number of rotatable bonds is 9. The maximum absolute atomic E-state index is 13.5. The van der Waals surface area contributed by atoms with E-state index >= 15 is 0 Å². The second-order valence-corrected chi connectivity index (χ2v) is 8.07. The molecule has 1 aromatic heterocycles. The van der Waals surface area contributed by atoms with E-state index in [0.717, 1.165) is 17.6 Å². The van der Waals surface area contributed by atoms with E-state index in [1.807, 2.05) is 0 Å². The Kier molecular flexibility index (Phi) is 7.62. The SMILES string of the molecule is C=C(C)O/C(=C\C(=C)N1CCC(Oc2cc(F)ccc2Br)CC1)c1nnn(CC(=O)O)n1. The summed E-state index contributed by atoms with van der Waals surface area (Å²) in [5, 5.41) is 20.5. The number of hydrogen-bond donors (Lipinski definition) is 1. The summed E-state index contributed by atoms with van der Waals surface area (Å²) in [4.78, 5) is 13.9. The molecule has 32 heavy (non-hydrogen) atoms. The number of ether oxygens (including phenoxy) is 2. The van der Waals surface area contributed by atoms with Gasteiger partial charge in [0.15, 0.2) is 12.3 Å². The quantitative estimate of drug-likeness (QED) is 0.405. The lowest BCUT2D eigenvalue weighted by molar-refractivity contribution is -0.138. The molecule has 0 radical (unpaired) electrons. The van der Waals surface area contributed by atoms with Gasteiger partial charge in [0.05, 0.1) is 10.2 Å². The van der Waals surface area contributed by atoms with Gasteiger partial charge in [-0.05, 0) is 40.2 Å². The number of aromatic nitrogens is 4. The van der Waals surface area contributed by atoms with Gasteiger partial charge in [-0.15, -0.1) is 10.2 Å². The summed E-state index contributed by atoms with van der Waals surface area (Å²) in [6.45, 7) is 10.4. The average molecular weight is 508 g/mol. The molecule has 3 rings (SSSR count). The number of tetrazole rings is 1. The summed E-state index contributed by atoms with van der Waals surface area (Å²) in [6.07, 6.45) is 3.06. The van der Waals surface area contributed by atoms with Gasteiger partial charge >= 0.3 is 5.97 Å². The van der Waals surface area contributed by atoms with E-state index in [-0.39, 0.29) is 23.5 Å². The molecule has 2 aromatic rings. The number of nitrogens with zero attached hydrogens (tertiary/aromatic N) is 5. The van der Waals surface area contributed by atoms with Crippen LogP contribution in [0.4, 0.5) is 4.39 Å². The van der Waals surface area contributed by atoms with Crippen molar-refractivity contribution in [3.8, 4) is 5.75 Å². The van der Waals surface area contributed by atoms with Crippen LogP contribution >= 0.6 is 15.9 Å².